The molecule has 0 aliphatic heterocycles. The average molecular weight is 287 g/mol. The van der Waals surface area contributed by atoms with Crippen LogP contribution in [0.4, 0.5) is 0 Å². The van der Waals surface area contributed by atoms with E-state index in [0.29, 0.717) is 6.04 Å². The summed E-state index contributed by atoms with van der Waals surface area (Å²) in [5.74, 6) is 1.83. The van der Waals surface area contributed by atoms with Gasteiger partial charge in [-0.05, 0) is 24.5 Å². The van der Waals surface area contributed by atoms with E-state index < -0.39 is 0 Å². The van der Waals surface area contributed by atoms with Gasteiger partial charge in [0.2, 0.25) is 0 Å². The second-order valence-electron chi connectivity index (χ2n) is 4.90. The predicted molar refractivity (Wildman–Crippen MR) is 86.7 cm³/mol. The van der Waals surface area contributed by atoms with E-state index in [-0.39, 0.29) is 0 Å². The summed E-state index contributed by atoms with van der Waals surface area (Å²) in [6.45, 7) is 5.11. The molecule has 2 rings (SSSR count). The minimum Gasteiger partial charge on any atom is -0.456 e. The zero-order chi connectivity index (χ0) is 14.4. The van der Waals surface area contributed by atoms with E-state index >= 15 is 0 Å². The highest BCUT2D eigenvalue weighted by Crippen LogP contribution is 2.32. The summed E-state index contributed by atoms with van der Waals surface area (Å²) < 4.78 is 6.10. The van der Waals surface area contributed by atoms with Crippen LogP contribution < -0.4 is 10.1 Å². The van der Waals surface area contributed by atoms with Crippen molar-refractivity contribution >= 4 is 11.8 Å². The van der Waals surface area contributed by atoms with E-state index in [1.165, 1.54) is 5.56 Å². The summed E-state index contributed by atoms with van der Waals surface area (Å²) in [7, 11) is 0. The van der Waals surface area contributed by atoms with E-state index in [9.17, 15) is 0 Å². The lowest BCUT2D eigenvalue weighted by Gasteiger charge is -2.14. The van der Waals surface area contributed by atoms with Gasteiger partial charge < -0.3 is 10.1 Å². The molecular formula is C17H21NOS. The molecule has 0 spiro atoms. The van der Waals surface area contributed by atoms with Crippen LogP contribution in [-0.2, 0) is 6.54 Å². The van der Waals surface area contributed by atoms with Crippen molar-refractivity contribution in [2.75, 3.05) is 6.26 Å². The first-order valence-electron chi connectivity index (χ1n) is 6.83. The van der Waals surface area contributed by atoms with Crippen molar-refractivity contribution < 1.29 is 4.74 Å². The van der Waals surface area contributed by atoms with E-state index in [1.54, 1.807) is 11.8 Å². The molecule has 0 aliphatic rings. The van der Waals surface area contributed by atoms with Gasteiger partial charge in [-0.25, -0.2) is 0 Å². The van der Waals surface area contributed by atoms with E-state index in [2.05, 4.69) is 37.6 Å². The Balaban J connectivity index is 2.20. The summed E-state index contributed by atoms with van der Waals surface area (Å²) in [5.41, 5.74) is 1.18. The monoisotopic (exact) mass is 287 g/mol. The third-order valence-corrected chi connectivity index (χ3v) is 3.74. The van der Waals surface area contributed by atoms with Crippen LogP contribution >= 0.6 is 11.8 Å². The Morgan fingerprint density at radius 3 is 2.35 bits per heavy atom. The topological polar surface area (TPSA) is 21.3 Å². The Morgan fingerprint density at radius 1 is 1.00 bits per heavy atom. The van der Waals surface area contributed by atoms with Gasteiger partial charge in [0.25, 0.3) is 0 Å². The molecule has 3 heteroatoms. The van der Waals surface area contributed by atoms with Crippen molar-refractivity contribution in [2.45, 2.75) is 31.3 Å². The molecule has 0 heterocycles. The zero-order valence-corrected chi connectivity index (χ0v) is 13.0. The van der Waals surface area contributed by atoms with Crippen LogP contribution in [-0.4, -0.2) is 12.3 Å². The number of benzene rings is 2. The molecule has 0 saturated heterocycles. The van der Waals surface area contributed by atoms with Crippen molar-refractivity contribution in [2.24, 2.45) is 0 Å². The molecule has 0 atom stereocenters. The van der Waals surface area contributed by atoms with Gasteiger partial charge in [0.15, 0.2) is 0 Å². The molecule has 2 nitrogen and oxygen atoms in total. The number of para-hydroxylation sites is 2. The van der Waals surface area contributed by atoms with Crippen molar-refractivity contribution in [1.29, 1.82) is 0 Å². The highest BCUT2D eigenvalue weighted by atomic mass is 32.2. The SMILES string of the molecule is CSc1ccccc1Oc1ccccc1CNC(C)C. The minimum absolute atomic E-state index is 0.460. The second kappa shape index (κ2) is 7.36. The van der Waals surface area contributed by atoms with Gasteiger partial charge in [-0.3, -0.25) is 0 Å². The maximum absolute atomic E-state index is 6.10. The Morgan fingerprint density at radius 2 is 1.65 bits per heavy atom. The maximum Gasteiger partial charge on any atom is 0.140 e. The summed E-state index contributed by atoms with van der Waals surface area (Å²) >= 11 is 1.70. The number of hydrogen-bond donors (Lipinski definition) is 1. The molecule has 2 aromatic carbocycles. The Kier molecular flexibility index (Phi) is 5.50. The molecule has 0 bridgehead atoms. The van der Waals surface area contributed by atoms with Gasteiger partial charge in [-0.2, -0.15) is 0 Å². The normalized spacial score (nSPS) is 10.8. The number of nitrogens with one attached hydrogen (secondary N) is 1. The molecule has 0 saturated carbocycles. The molecule has 0 unspecified atom stereocenters. The van der Waals surface area contributed by atoms with Crippen LogP contribution in [0.1, 0.15) is 19.4 Å². The number of rotatable bonds is 6. The molecule has 0 radical (unpaired) electrons. The highest BCUT2D eigenvalue weighted by Gasteiger charge is 2.07. The summed E-state index contributed by atoms with van der Waals surface area (Å²) in [4.78, 5) is 1.15. The highest BCUT2D eigenvalue weighted by molar-refractivity contribution is 7.98. The maximum atomic E-state index is 6.10. The van der Waals surface area contributed by atoms with Crippen LogP contribution in [0.15, 0.2) is 53.4 Å². The lowest BCUT2D eigenvalue weighted by Crippen LogP contribution is -2.22. The van der Waals surface area contributed by atoms with Gasteiger partial charge >= 0.3 is 0 Å². The standard InChI is InChI=1S/C17H21NOS/c1-13(2)18-12-14-8-4-5-9-15(14)19-16-10-6-7-11-17(16)20-3/h4-11,13,18H,12H2,1-3H3. The van der Waals surface area contributed by atoms with Crippen molar-refractivity contribution in [3.05, 3.63) is 54.1 Å². The van der Waals surface area contributed by atoms with Crippen molar-refractivity contribution in [1.82, 2.24) is 5.32 Å². The van der Waals surface area contributed by atoms with Gasteiger partial charge in [0, 0.05) is 23.0 Å². The number of thioether (sulfide) groups is 1. The van der Waals surface area contributed by atoms with E-state index in [1.807, 2.05) is 36.4 Å². The molecule has 0 aliphatic carbocycles. The molecule has 1 N–H and O–H groups in total. The number of ether oxygens (including phenoxy) is 1. The summed E-state index contributed by atoms with van der Waals surface area (Å²) in [5, 5.41) is 3.43. The molecule has 20 heavy (non-hydrogen) atoms. The second-order valence-corrected chi connectivity index (χ2v) is 5.74. The first kappa shape index (κ1) is 14.9. The Bertz CT molecular complexity index is 554. The molecule has 0 fully saturated rings. The third kappa shape index (κ3) is 4.02. The predicted octanol–water partition coefficient (Wildman–Crippen LogP) is 4.70. The molecular weight excluding hydrogens is 266 g/mol. The van der Waals surface area contributed by atoms with Crippen molar-refractivity contribution in [3.63, 3.8) is 0 Å². The first-order valence-corrected chi connectivity index (χ1v) is 8.05. The smallest absolute Gasteiger partial charge is 0.140 e. The molecule has 2 aromatic rings. The van der Waals surface area contributed by atoms with Crippen LogP contribution in [0.25, 0.3) is 0 Å². The fraction of sp³-hybridized carbons (Fsp3) is 0.294. The van der Waals surface area contributed by atoms with Gasteiger partial charge in [-0.15, -0.1) is 11.8 Å². The van der Waals surface area contributed by atoms with Crippen molar-refractivity contribution in [3.8, 4) is 11.5 Å². The largest absolute Gasteiger partial charge is 0.456 e. The third-order valence-electron chi connectivity index (χ3n) is 2.96. The van der Waals surface area contributed by atoms with Crippen LogP contribution in [0.5, 0.6) is 11.5 Å². The van der Waals surface area contributed by atoms with Crippen LogP contribution in [0, 0.1) is 0 Å². The van der Waals surface area contributed by atoms with E-state index in [4.69, 9.17) is 4.74 Å². The molecule has 0 amide bonds. The Hall–Kier alpha value is -1.45. The summed E-state index contributed by atoms with van der Waals surface area (Å²) in [6.07, 6.45) is 2.06. The van der Waals surface area contributed by atoms with Gasteiger partial charge in [-0.1, -0.05) is 44.2 Å². The van der Waals surface area contributed by atoms with E-state index in [0.717, 1.165) is 22.9 Å². The van der Waals surface area contributed by atoms with Gasteiger partial charge in [0.05, 0.1) is 0 Å². The van der Waals surface area contributed by atoms with Crippen LogP contribution in [0.2, 0.25) is 0 Å². The number of hydrogen-bond acceptors (Lipinski definition) is 3. The Labute approximate surface area is 125 Å². The van der Waals surface area contributed by atoms with Gasteiger partial charge in [0.1, 0.15) is 11.5 Å². The lowest BCUT2D eigenvalue weighted by atomic mass is 10.2. The quantitative estimate of drug-likeness (QED) is 0.778. The fourth-order valence-corrected chi connectivity index (χ4v) is 2.41. The van der Waals surface area contributed by atoms with Crippen LogP contribution in [0.3, 0.4) is 0 Å². The fourth-order valence-electron chi connectivity index (χ4n) is 1.89. The average Bonchev–Trinajstić information content (AvgIpc) is 2.47. The first-order chi connectivity index (χ1) is 9.70. The lowest BCUT2D eigenvalue weighted by molar-refractivity contribution is 0.459. The zero-order valence-electron chi connectivity index (χ0n) is 12.2. The molecule has 0 aromatic heterocycles. The minimum atomic E-state index is 0.460. The summed E-state index contributed by atoms with van der Waals surface area (Å²) in [6, 6.07) is 16.8. The molecule has 106 valence electrons.